The molecule has 0 spiro atoms. The molecule has 0 radical (unpaired) electrons. The van der Waals surface area contributed by atoms with E-state index in [9.17, 15) is 22.8 Å². The minimum atomic E-state index is -4.51. The molecule has 0 saturated carbocycles. The number of halogens is 3. The molecule has 2 fully saturated rings. The number of hydrogen-bond acceptors (Lipinski definition) is 4. The van der Waals surface area contributed by atoms with Gasteiger partial charge in [0.25, 0.3) is 0 Å². The van der Waals surface area contributed by atoms with Crippen molar-refractivity contribution in [2.75, 3.05) is 18.1 Å². The van der Waals surface area contributed by atoms with E-state index in [0.29, 0.717) is 0 Å². The molecule has 5 nitrogen and oxygen atoms in total. The van der Waals surface area contributed by atoms with Crippen molar-refractivity contribution in [3.63, 3.8) is 0 Å². The summed E-state index contributed by atoms with van der Waals surface area (Å²) in [6.07, 6.45) is 0.307. The Labute approximate surface area is 154 Å². The predicted octanol–water partition coefficient (Wildman–Crippen LogP) is 2.64. The molecule has 0 aliphatic carbocycles. The summed E-state index contributed by atoms with van der Waals surface area (Å²) in [7, 11) is 0. The standard InChI is InChI=1S/C19H18F3NO4/c1-4-15-14-9-23(13-7-5-6-12(8-13)19(20,21)22)17(25)16(14)18(3,27-15)10-26-11(2)24/h1,5-8,14-16H,9-10H2,2-3H3. The molecule has 2 aliphatic rings. The molecule has 4 unspecified atom stereocenters. The second kappa shape index (κ2) is 6.57. The van der Waals surface area contributed by atoms with E-state index in [1.807, 2.05) is 0 Å². The lowest BCUT2D eigenvalue weighted by Crippen LogP contribution is -2.44. The van der Waals surface area contributed by atoms with Gasteiger partial charge in [0.2, 0.25) is 5.91 Å². The number of esters is 1. The summed E-state index contributed by atoms with van der Waals surface area (Å²) in [6, 6.07) is 4.59. The molecule has 0 bridgehead atoms. The van der Waals surface area contributed by atoms with Gasteiger partial charge in [-0.05, 0) is 25.1 Å². The lowest BCUT2D eigenvalue weighted by atomic mass is 9.83. The van der Waals surface area contributed by atoms with Gasteiger partial charge in [-0.3, -0.25) is 9.59 Å². The van der Waals surface area contributed by atoms with Crippen molar-refractivity contribution >= 4 is 17.6 Å². The van der Waals surface area contributed by atoms with Gasteiger partial charge in [0.05, 0.1) is 11.5 Å². The van der Waals surface area contributed by atoms with Crippen molar-refractivity contribution in [3.05, 3.63) is 29.8 Å². The Morgan fingerprint density at radius 3 is 2.78 bits per heavy atom. The Morgan fingerprint density at radius 2 is 2.19 bits per heavy atom. The number of benzene rings is 1. The highest BCUT2D eigenvalue weighted by Crippen LogP contribution is 2.47. The third kappa shape index (κ3) is 3.39. The average molecular weight is 381 g/mol. The van der Waals surface area contributed by atoms with E-state index in [1.165, 1.54) is 24.0 Å². The molecule has 2 aliphatic heterocycles. The summed E-state index contributed by atoms with van der Waals surface area (Å²) in [4.78, 5) is 25.5. The van der Waals surface area contributed by atoms with Crippen molar-refractivity contribution in [1.29, 1.82) is 0 Å². The summed E-state index contributed by atoms with van der Waals surface area (Å²) in [5.41, 5.74) is -1.83. The first-order valence-corrected chi connectivity index (χ1v) is 8.33. The van der Waals surface area contributed by atoms with E-state index in [2.05, 4.69) is 5.92 Å². The number of nitrogens with zero attached hydrogens (tertiary/aromatic N) is 1. The molecule has 1 aromatic carbocycles. The molecule has 3 rings (SSSR count). The van der Waals surface area contributed by atoms with E-state index in [0.717, 1.165) is 12.1 Å². The van der Waals surface area contributed by atoms with E-state index in [4.69, 9.17) is 15.9 Å². The van der Waals surface area contributed by atoms with Gasteiger partial charge >= 0.3 is 12.1 Å². The minimum absolute atomic E-state index is 0.134. The van der Waals surface area contributed by atoms with Crippen LogP contribution >= 0.6 is 0 Å². The van der Waals surface area contributed by atoms with Crippen molar-refractivity contribution in [3.8, 4) is 12.3 Å². The Kier molecular flexibility index (Phi) is 4.68. The van der Waals surface area contributed by atoms with Crippen LogP contribution in [0, 0.1) is 24.2 Å². The second-order valence-electron chi connectivity index (χ2n) is 6.94. The minimum Gasteiger partial charge on any atom is -0.463 e. The van der Waals surface area contributed by atoms with Crippen LogP contribution in [0.4, 0.5) is 18.9 Å². The van der Waals surface area contributed by atoms with Crippen LogP contribution in [-0.4, -0.2) is 36.7 Å². The van der Waals surface area contributed by atoms with E-state index in [-0.39, 0.29) is 18.8 Å². The monoisotopic (exact) mass is 381 g/mol. The SMILES string of the molecule is C#CC1OC(C)(COC(C)=O)C2C(=O)N(c3cccc(C(F)(F)F)c3)CC12. The maximum Gasteiger partial charge on any atom is 0.416 e. The zero-order valence-corrected chi connectivity index (χ0v) is 14.7. The molecule has 2 heterocycles. The summed E-state index contributed by atoms with van der Waals surface area (Å²) in [5, 5.41) is 0. The molecular weight excluding hydrogens is 363 g/mol. The van der Waals surface area contributed by atoms with Gasteiger partial charge in [-0.25, -0.2) is 0 Å². The zero-order chi connectivity index (χ0) is 20.0. The van der Waals surface area contributed by atoms with Crippen molar-refractivity contribution in [2.24, 2.45) is 11.8 Å². The van der Waals surface area contributed by atoms with Gasteiger partial charge in [0.15, 0.2) is 0 Å². The summed E-state index contributed by atoms with van der Waals surface area (Å²) in [6.45, 7) is 2.83. The van der Waals surface area contributed by atoms with Crippen LogP contribution in [0.1, 0.15) is 19.4 Å². The van der Waals surface area contributed by atoms with E-state index in [1.54, 1.807) is 6.92 Å². The van der Waals surface area contributed by atoms with Crippen LogP contribution in [0.25, 0.3) is 0 Å². The normalized spacial score (nSPS) is 30.1. The number of alkyl halides is 3. The largest absolute Gasteiger partial charge is 0.463 e. The number of rotatable bonds is 3. The summed E-state index contributed by atoms with van der Waals surface area (Å²) >= 11 is 0. The van der Waals surface area contributed by atoms with Crippen LogP contribution in [0.5, 0.6) is 0 Å². The van der Waals surface area contributed by atoms with Crippen LogP contribution in [0.15, 0.2) is 24.3 Å². The molecule has 1 amide bonds. The maximum absolute atomic E-state index is 13.0. The molecule has 1 aromatic rings. The fourth-order valence-electron chi connectivity index (χ4n) is 3.80. The van der Waals surface area contributed by atoms with Crippen LogP contribution in [0.3, 0.4) is 0 Å². The highest BCUT2D eigenvalue weighted by molar-refractivity contribution is 5.99. The highest BCUT2D eigenvalue weighted by Gasteiger charge is 2.61. The van der Waals surface area contributed by atoms with Crippen molar-refractivity contribution in [1.82, 2.24) is 0 Å². The number of anilines is 1. The highest BCUT2D eigenvalue weighted by atomic mass is 19.4. The Balaban J connectivity index is 1.92. The number of carbonyl (C=O) groups is 2. The van der Waals surface area contributed by atoms with Gasteiger partial charge < -0.3 is 14.4 Å². The predicted molar refractivity (Wildman–Crippen MR) is 89.5 cm³/mol. The van der Waals surface area contributed by atoms with Crippen LogP contribution < -0.4 is 4.90 Å². The second-order valence-corrected chi connectivity index (χ2v) is 6.94. The average Bonchev–Trinajstić information content (AvgIpc) is 3.09. The maximum atomic E-state index is 13.0. The molecule has 144 valence electrons. The Bertz CT molecular complexity index is 816. The fourth-order valence-corrected chi connectivity index (χ4v) is 3.80. The summed E-state index contributed by atoms with van der Waals surface area (Å²) in [5.74, 6) is 0.441. The topological polar surface area (TPSA) is 55.8 Å². The van der Waals surface area contributed by atoms with Gasteiger partial charge in [0, 0.05) is 25.1 Å². The Hall–Kier alpha value is -2.53. The van der Waals surface area contributed by atoms with Gasteiger partial charge in [0.1, 0.15) is 18.3 Å². The molecule has 27 heavy (non-hydrogen) atoms. The van der Waals surface area contributed by atoms with Gasteiger partial charge in [-0.2, -0.15) is 13.2 Å². The van der Waals surface area contributed by atoms with Crippen molar-refractivity contribution < 1.29 is 32.2 Å². The molecule has 0 aromatic heterocycles. The first-order valence-electron chi connectivity index (χ1n) is 8.33. The zero-order valence-electron chi connectivity index (χ0n) is 14.7. The first kappa shape index (κ1) is 19.2. The molecule has 4 atom stereocenters. The van der Waals surface area contributed by atoms with Gasteiger partial charge in [-0.15, -0.1) is 6.42 Å². The molecule has 0 N–H and O–H groups in total. The third-order valence-corrected chi connectivity index (χ3v) is 5.01. The third-order valence-electron chi connectivity index (χ3n) is 5.01. The smallest absolute Gasteiger partial charge is 0.416 e. The van der Waals surface area contributed by atoms with E-state index < -0.39 is 47.2 Å². The molecular formula is C19H18F3NO4. The number of fused-ring (bicyclic) bond motifs is 1. The number of terminal acetylenes is 1. The van der Waals surface area contributed by atoms with Crippen molar-refractivity contribution in [2.45, 2.75) is 31.7 Å². The lowest BCUT2D eigenvalue weighted by molar-refractivity contribution is -0.154. The number of carbonyl (C=O) groups excluding carboxylic acids is 2. The molecule has 2 saturated heterocycles. The van der Waals surface area contributed by atoms with E-state index >= 15 is 0 Å². The quantitative estimate of drug-likeness (QED) is 0.597. The fraction of sp³-hybridized carbons (Fsp3) is 0.474. The number of amides is 1. The lowest BCUT2D eigenvalue weighted by Gasteiger charge is -2.29. The summed E-state index contributed by atoms with van der Waals surface area (Å²) < 4.78 is 49.8. The molecule has 8 heteroatoms. The number of hydrogen-bond donors (Lipinski definition) is 0. The van der Waals surface area contributed by atoms with Crippen LogP contribution in [0.2, 0.25) is 0 Å². The first-order chi connectivity index (χ1) is 12.6. The van der Waals surface area contributed by atoms with Crippen LogP contribution in [-0.2, 0) is 25.2 Å². The Morgan fingerprint density at radius 1 is 1.48 bits per heavy atom. The van der Waals surface area contributed by atoms with Gasteiger partial charge in [-0.1, -0.05) is 12.0 Å². The number of ether oxygens (including phenoxy) is 2.